The standard InChI is InChI=1S/C60H104N12O13/c1-23-26-27-37(12)50(75)49-54(79)63-41(24-2)56(81)66(16)32-47(74)67(17)39(14)51(76)65-43(31-61-46(73)25-3)57(82)68(18)40(15)52(77)64-42(28-33(4)5)53(78)62-38(13)55(80)69(19)44(29-34(6)7)58(83)70(20)45(30-35(8)9)59(84)71(21)48(36(10)11)60(85)72(49)22/h23,25-26,33-45,48-50,75H,3,24,27-32H2,1-2,4-22H3,(H,61,73)(H,62,78)(H,63,79)(H,64,77)(H,65,76)/b26-23+/t37-,38-,39+,40-,41+,42+,43+,44+,45+,48+,49+,50-/m1/s1. The van der Waals surface area contributed by atoms with Crippen LogP contribution in [0.1, 0.15) is 129 Å². The van der Waals surface area contributed by atoms with Crippen molar-refractivity contribution in [1.29, 1.82) is 0 Å². The highest BCUT2D eigenvalue weighted by atomic mass is 16.3. The van der Waals surface area contributed by atoms with Gasteiger partial charge in [-0.1, -0.05) is 88.0 Å². The van der Waals surface area contributed by atoms with E-state index < -0.39 is 162 Å². The largest absolute Gasteiger partial charge is 0.390 e. The zero-order chi connectivity index (χ0) is 65.8. The Morgan fingerprint density at radius 2 is 1.02 bits per heavy atom. The van der Waals surface area contributed by atoms with Gasteiger partial charge in [-0.2, -0.15) is 0 Å². The van der Waals surface area contributed by atoms with Crippen LogP contribution in [-0.4, -0.2) is 239 Å². The number of carbonyl (C=O) groups excluding carboxylic acids is 12. The lowest BCUT2D eigenvalue weighted by Crippen LogP contribution is -2.63. The number of nitrogens with one attached hydrogen (secondary N) is 5. The maximum atomic E-state index is 15.1. The SMILES string of the molecule is C=CC(=O)NC[C@@H]1NC(=O)[C@H](C)N(C)C(=O)CN(C)C(=O)[C@H](CC)NC(=O)[C@H]([C@H](O)[C@H](C)C/C=C/C)N(C)C(=O)[C@H](C(C)C)N(C)C(=O)[C@H](CC(C)C)N(C)C(=O)[C@H](CC(C)C)N(C)C(=O)[C@@H](C)NC(=O)[C@H](CC(C)C)NC(=O)[C@@H](C)N(C)C1=O. The van der Waals surface area contributed by atoms with E-state index in [1.54, 1.807) is 46.8 Å². The fourth-order valence-electron chi connectivity index (χ4n) is 9.96. The third kappa shape index (κ3) is 21.5. The molecule has 1 aliphatic heterocycles. The number of hydrogen-bond acceptors (Lipinski definition) is 13. The van der Waals surface area contributed by atoms with Crippen molar-refractivity contribution in [1.82, 2.24) is 60.9 Å². The molecule has 1 fully saturated rings. The molecule has 0 unspecified atom stereocenters. The number of aliphatic hydroxyl groups is 1. The van der Waals surface area contributed by atoms with E-state index in [9.17, 15) is 53.1 Å². The molecule has 1 saturated heterocycles. The average molecular weight is 1200 g/mol. The molecule has 6 N–H and O–H groups in total. The lowest BCUT2D eigenvalue weighted by molar-refractivity contribution is -0.157. The van der Waals surface area contributed by atoms with Crippen LogP contribution in [0.4, 0.5) is 0 Å². The summed E-state index contributed by atoms with van der Waals surface area (Å²) in [6.07, 6.45) is 3.61. The molecule has 0 aromatic carbocycles. The molecule has 0 bridgehead atoms. The van der Waals surface area contributed by atoms with Gasteiger partial charge in [-0.3, -0.25) is 57.5 Å². The molecule has 482 valence electrons. The Balaban J connectivity index is 4.28. The van der Waals surface area contributed by atoms with Gasteiger partial charge in [0, 0.05) is 55.9 Å². The van der Waals surface area contributed by atoms with Crippen molar-refractivity contribution in [3.05, 3.63) is 24.8 Å². The molecule has 0 spiro atoms. The minimum absolute atomic E-state index is 0.0111. The molecule has 25 heteroatoms. The highest BCUT2D eigenvalue weighted by molar-refractivity contribution is 6.00. The lowest BCUT2D eigenvalue weighted by Gasteiger charge is -2.41. The Hall–Kier alpha value is -6.92. The van der Waals surface area contributed by atoms with Gasteiger partial charge in [-0.25, -0.2) is 0 Å². The van der Waals surface area contributed by atoms with Crippen LogP contribution < -0.4 is 26.6 Å². The van der Waals surface area contributed by atoms with E-state index in [4.69, 9.17) is 0 Å². The summed E-state index contributed by atoms with van der Waals surface area (Å²) in [4.78, 5) is 179. The Bertz CT molecular complexity index is 2400. The maximum absolute atomic E-state index is 15.1. The predicted molar refractivity (Wildman–Crippen MR) is 323 cm³/mol. The first-order valence-corrected chi connectivity index (χ1v) is 29.6. The third-order valence-electron chi connectivity index (χ3n) is 15.7. The molecule has 0 radical (unpaired) electrons. The van der Waals surface area contributed by atoms with Gasteiger partial charge in [0.05, 0.1) is 12.6 Å². The highest BCUT2D eigenvalue weighted by Crippen LogP contribution is 2.25. The summed E-state index contributed by atoms with van der Waals surface area (Å²) in [6.45, 7) is 26.1. The van der Waals surface area contributed by atoms with E-state index in [0.29, 0.717) is 6.42 Å². The van der Waals surface area contributed by atoms with Crippen LogP contribution in [0.3, 0.4) is 0 Å². The molecule has 0 aromatic heterocycles. The van der Waals surface area contributed by atoms with Gasteiger partial charge in [-0.15, -0.1) is 0 Å². The van der Waals surface area contributed by atoms with Crippen LogP contribution in [0.15, 0.2) is 24.8 Å². The van der Waals surface area contributed by atoms with Gasteiger partial charge < -0.3 is 66.0 Å². The fraction of sp³-hybridized carbons (Fsp3) is 0.733. The number of carbonyl (C=O) groups is 12. The first kappa shape index (κ1) is 76.1. The minimum Gasteiger partial charge on any atom is -0.390 e. The second kappa shape index (κ2) is 34.9. The molecule has 0 aromatic rings. The van der Waals surface area contributed by atoms with E-state index in [2.05, 4.69) is 33.2 Å². The minimum atomic E-state index is -1.63. The van der Waals surface area contributed by atoms with Gasteiger partial charge in [0.15, 0.2) is 0 Å². The van der Waals surface area contributed by atoms with Crippen LogP contribution >= 0.6 is 0 Å². The summed E-state index contributed by atoms with van der Waals surface area (Å²) in [5, 5.41) is 25.1. The van der Waals surface area contributed by atoms with E-state index in [1.807, 2.05) is 41.5 Å². The van der Waals surface area contributed by atoms with Gasteiger partial charge in [0.1, 0.15) is 60.4 Å². The lowest BCUT2D eigenvalue weighted by atomic mass is 9.91. The number of aliphatic hydroxyl groups excluding tert-OH is 1. The number of allylic oxidation sites excluding steroid dienone is 2. The van der Waals surface area contributed by atoms with Crippen LogP contribution in [-0.2, 0) is 57.5 Å². The van der Waals surface area contributed by atoms with Gasteiger partial charge in [0.25, 0.3) is 0 Å². The summed E-state index contributed by atoms with van der Waals surface area (Å²) in [5.41, 5.74) is 0. The van der Waals surface area contributed by atoms with Crippen molar-refractivity contribution in [2.24, 2.45) is 29.6 Å². The Kier molecular flexibility index (Phi) is 31.2. The zero-order valence-corrected chi connectivity index (χ0v) is 54.6. The van der Waals surface area contributed by atoms with Crippen molar-refractivity contribution in [3.8, 4) is 0 Å². The smallest absolute Gasteiger partial charge is 0.247 e. The second-order valence-electron chi connectivity index (χ2n) is 24.4. The van der Waals surface area contributed by atoms with Crippen molar-refractivity contribution in [2.75, 3.05) is 62.4 Å². The van der Waals surface area contributed by atoms with Crippen molar-refractivity contribution in [3.63, 3.8) is 0 Å². The summed E-state index contributed by atoms with van der Waals surface area (Å²) >= 11 is 0. The molecule has 85 heavy (non-hydrogen) atoms. The zero-order valence-electron chi connectivity index (χ0n) is 54.6. The van der Waals surface area contributed by atoms with Gasteiger partial charge >= 0.3 is 0 Å². The van der Waals surface area contributed by atoms with Crippen LogP contribution in [0.25, 0.3) is 0 Å². The van der Waals surface area contributed by atoms with Gasteiger partial charge in [0.2, 0.25) is 70.9 Å². The monoisotopic (exact) mass is 1200 g/mol. The van der Waals surface area contributed by atoms with Crippen LogP contribution in [0.5, 0.6) is 0 Å². The topological polar surface area (TPSA) is 308 Å². The van der Waals surface area contributed by atoms with Crippen molar-refractivity contribution >= 4 is 70.9 Å². The summed E-state index contributed by atoms with van der Waals surface area (Å²) < 4.78 is 0. The molecule has 1 heterocycles. The number of hydrogen-bond donors (Lipinski definition) is 6. The first-order valence-electron chi connectivity index (χ1n) is 29.6. The predicted octanol–water partition coefficient (Wildman–Crippen LogP) is 0.889. The van der Waals surface area contributed by atoms with E-state index in [1.165, 1.54) is 84.8 Å². The molecular formula is C60H104N12O13. The summed E-state index contributed by atoms with van der Waals surface area (Å²) in [5.74, 6) is -10.7. The molecule has 1 aliphatic rings. The first-order chi connectivity index (χ1) is 39.3. The number of amides is 12. The van der Waals surface area contributed by atoms with E-state index >= 15 is 9.59 Å². The molecule has 12 amide bonds. The maximum Gasteiger partial charge on any atom is 0.247 e. The van der Waals surface area contributed by atoms with Gasteiger partial charge in [-0.05, 0) is 95.5 Å². The number of rotatable bonds is 15. The summed E-state index contributed by atoms with van der Waals surface area (Å²) in [7, 11) is 9.50. The Labute approximate surface area is 505 Å². The Morgan fingerprint density at radius 3 is 1.49 bits per heavy atom. The molecule has 0 saturated carbocycles. The average Bonchev–Trinajstić information content (AvgIpc) is 2.97. The van der Waals surface area contributed by atoms with Crippen molar-refractivity contribution in [2.45, 2.75) is 196 Å². The van der Waals surface area contributed by atoms with Crippen molar-refractivity contribution < 1.29 is 62.6 Å². The van der Waals surface area contributed by atoms with E-state index in [0.717, 1.165) is 25.7 Å². The number of nitrogens with zero attached hydrogens (tertiary/aromatic N) is 7. The van der Waals surface area contributed by atoms with Crippen LogP contribution in [0, 0.1) is 29.6 Å². The van der Waals surface area contributed by atoms with Crippen LogP contribution in [0.2, 0.25) is 0 Å². The highest BCUT2D eigenvalue weighted by Gasteiger charge is 2.45. The summed E-state index contributed by atoms with van der Waals surface area (Å²) in [6, 6.07) is -13.2. The Morgan fingerprint density at radius 1 is 0.565 bits per heavy atom. The number of likely N-dealkylation sites (N-methyl/N-ethyl adjacent to an activating group) is 7. The molecule has 25 nitrogen and oxygen atoms in total. The third-order valence-corrected chi connectivity index (χ3v) is 15.7. The molecular weight excluding hydrogens is 1100 g/mol. The van der Waals surface area contributed by atoms with E-state index in [-0.39, 0.29) is 43.4 Å². The fourth-order valence-corrected chi connectivity index (χ4v) is 9.96. The molecule has 0 aliphatic carbocycles. The quantitative estimate of drug-likeness (QED) is 0.0982. The normalized spacial score (nSPS) is 26.6. The molecule has 1 rings (SSSR count). The molecule has 12 atom stereocenters. The second-order valence-corrected chi connectivity index (χ2v) is 24.4.